The molecule has 0 spiro atoms. The molecule has 2 aliphatic rings. The van der Waals surface area contributed by atoms with Crippen LogP contribution in [0.5, 0.6) is 0 Å². The molecule has 0 amide bonds. The molecule has 0 heterocycles. The molecule has 0 bridgehead atoms. The van der Waals surface area contributed by atoms with Gasteiger partial charge in [-0.2, -0.15) is 0 Å². The fourth-order valence-corrected chi connectivity index (χ4v) is 2.90. The number of aliphatic carboxylic acids is 1. The third-order valence-electron chi connectivity index (χ3n) is 4.12. The zero-order valence-electron chi connectivity index (χ0n) is 8.80. The number of hydrogen-bond acceptors (Lipinski definition) is 1. The summed E-state index contributed by atoms with van der Waals surface area (Å²) in [6.07, 6.45) is 0.650. The number of carbonyl (C=O) groups is 1. The zero-order valence-corrected chi connectivity index (χ0v) is 8.80. The Kier molecular flexibility index (Phi) is 2.28. The van der Waals surface area contributed by atoms with Crippen molar-refractivity contribution < 1.29 is 18.7 Å². The summed E-state index contributed by atoms with van der Waals surface area (Å²) < 4.78 is 26.0. The van der Waals surface area contributed by atoms with Gasteiger partial charge in [0, 0.05) is 12.8 Å². The van der Waals surface area contributed by atoms with Crippen LogP contribution < -0.4 is 0 Å². The summed E-state index contributed by atoms with van der Waals surface area (Å²) in [7, 11) is 0. The molecule has 2 fully saturated rings. The Labute approximate surface area is 87.7 Å². The van der Waals surface area contributed by atoms with E-state index in [1.165, 1.54) is 0 Å². The zero-order chi connectivity index (χ0) is 11.3. The lowest BCUT2D eigenvalue weighted by Gasteiger charge is -2.37. The maximum absolute atomic E-state index is 13.0. The molecule has 2 rings (SSSR count). The lowest BCUT2D eigenvalue weighted by atomic mass is 9.69. The Morgan fingerprint density at radius 2 is 1.73 bits per heavy atom. The van der Waals surface area contributed by atoms with Gasteiger partial charge in [0.15, 0.2) is 0 Å². The summed E-state index contributed by atoms with van der Waals surface area (Å²) >= 11 is 0. The number of alkyl halides is 2. The first kappa shape index (κ1) is 10.8. The van der Waals surface area contributed by atoms with Crippen molar-refractivity contribution in [2.75, 3.05) is 0 Å². The first-order chi connectivity index (χ1) is 6.87. The molecule has 86 valence electrons. The molecule has 4 heteroatoms. The van der Waals surface area contributed by atoms with Crippen molar-refractivity contribution in [3.63, 3.8) is 0 Å². The lowest BCUT2D eigenvalue weighted by Crippen LogP contribution is -2.41. The number of hydrogen-bond donors (Lipinski definition) is 1. The molecule has 2 aliphatic carbocycles. The van der Waals surface area contributed by atoms with E-state index in [2.05, 4.69) is 0 Å². The minimum absolute atomic E-state index is 0.131. The highest BCUT2D eigenvalue weighted by molar-refractivity contribution is 5.75. The van der Waals surface area contributed by atoms with E-state index in [0.29, 0.717) is 5.92 Å². The molecule has 0 aromatic heterocycles. The van der Waals surface area contributed by atoms with Crippen molar-refractivity contribution in [3.8, 4) is 0 Å². The molecule has 0 radical (unpaired) electrons. The third kappa shape index (κ3) is 1.74. The Morgan fingerprint density at radius 3 is 2.07 bits per heavy atom. The summed E-state index contributed by atoms with van der Waals surface area (Å²) in [4.78, 5) is 11.3. The van der Waals surface area contributed by atoms with Crippen LogP contribution in [-0.2, 0) is 4.79 Å². The monoisotopic (exact) mass is 218 g/mol. The Hall–Kier alpha value is -0.670. The Bertz CT molecular complexity index is 278. The number of rotatable bonds is 2. The van der Waals surface area contributed by atoms with Crippen LogP contribution in [0.25, 0.3) is 0 Å². The predicted molar refractivity (Wildman–Crippen MR) is 50.8 cm³/mol. The molecule has 2 saturated carbocycles. The normalized spacial score (nSPS) is 37.3. The van der Waals surface area contributed by atoms with Crippen LogP contribution in [0.15, 0.2) is 0 Å². The van der Waals surface area contributed by atoms with Crippen LogP contribution in [0.4, 0.5) is 8.78 Å². The van der Waals surface area contributed by atoms with E-state index in [4.69, 9.17) is 0 Å². The van der Waals surface area contributed by atoms with Crippen molar-refractivity contribution in [2.45, 2.75) is 45.0 Å². The van der Waals surface area contributed by atoms with Crippen LogP contribution in [0, 0.1) is 17.3 Å². The van der Waals surface area contributed by atoms with E-state index in [1.807, 2.05) is 6.92 Å². The first-order valence-corrected chi connectivity index (χ1v) is 5.49. The average molecular weight is 218 g/mol. The number of halogens is 2. The molecule has 15 heavy (non-hydrogen) atoms. The molecule has 2 nitrogen and oxygen atoms in total. The van der Waals surface area contributed by atoms with Crippen LogP contribution in [0.1, 0.15) is 39.0 Å². The summed E-state index contributed by atoms with van der Waals surface area (Å²) in [5, 5.41) is 9.24. The molecular formula is C11H16F2O2. The van der Waals surface area contributed by atoms with Crippen molar-refractivity contribution in [2.24, 2.45) is 17.3 Å². The fraction of sp³-hybridized carbons (Fsp3) is 0.909. The maximum Gasteiger partial charge on any atom is 0.309 e. The van der Waals surface area contributed by atoms with E-state index in [1.54, 1.807) is 0 Å². The summed E-state index contributed by atoms with van der Waals surface area (Å²) in [6.45, 7) is 2.00. The van der Waals surface area contributed by atoms with E-state index in [-0.39, 0.29) is 31.6 Å². The molecule has 1 N–H and O–H groups in total. The molecule has 0 aromatic rings. The van der Waals surface area contributed by atoms with Crippen molar-refractivity contribution in [3.05, 3.63) is 0 Å². The van der Waals surface area contributed by atoms with Gasteiger partial charge in [0.25, 0.3) is 0 Å². The van der Waals surface area contributed by atoms with Crippen LogP contribution in [0.2, 0.25) is 0 Å². The number of carboxylic acids is 1. The average Bonchev–Trinajstić information content (AvgIpc) is 2.83. The molecule has 0 saturated heterocycles. The summed E-state index contributed by atoms with van der Waals surface area (Å²) in [5.74, 6) is -2.98. The second kappa shape index (κ2) is 3.16. The van der Waals surface area contributed by atoms with Gasteiger partial charge < -0.3 is 5.11 Å². The van der Waals surface area contributed by atoms with Gasteiger partial charge in [-0.3, -0.25) is 4.79 Å². The third-order valence-corrected chi connectivity index (χ3v) is 4.12. The highest BCUT2D eigenvalue weighted by atomic mass is 19.3. The Balaban J connectivity index is 2.13. The standard InChI is InChI=1S/C11H16F2O2/c1-7-6-8(7)10(9(14)15)2-4-11(12,13)5-3-10/h7-8H,2-6H2,1H3,(H,14,15). The minimum atomic E-state index is -2.64. The molecule has 2 unspecified atom stereocenters. The van der Waals surface area contributed by atoms with Crippen molar-refractivity contribution in [1.29, 1.82) is 0 Å². The lowest BCUT2D eigenvalue weighted by molar-refractivity contribution is -0.159. The van der Waals surface area contributed by atoms with E-state index in [9.17, 15) is 18.7 Å². The molecule has 2 atom stereocenters. The van der Waals surface area contributed by atoms with Crippen LogP contribution in [-0.4, -0.2) is 17.0 Å². The quantitative estimate of drug-likeness (QED) is 0.773. The highest BCUT2D eigenvalue weighted by Crippen LogP contribution is 2.59. The van der Waals surface area contributed by atoms with E-state index in [0.717, 1.165) is 6.42 Å². The largest absolute Gasteiger partial charge is 0.481 e. The highest BCUT2D eigenvalue weighted by Gasteiger charge is 2.58. The smallest absolute Gasteiger partial charge is 0.309 e. The van der Waals surface area contributed by atoms with Gasteiger partial charge in [-0.15, -0.1) is 0 Å². The van der Waals surface area contributed by atoms with Gasteiger partial charge in [0.1, 0.15) is 0 Å². The SMILES string of the molecule is CC1CC1C1(C(=O)O)CCC(F)(F)CC1. The minimum Gasteiger partial charge on any atom is -0.481 e. The molecule has 0 aromatic carbocycles. The van der Waals surface area contributed by atoms with Gasteiger partial charge in [-0.25, -0.2) is 8.78 Å². The fourth-order valence-electron chi connectivity index (χ4n) is 2.90. The predicted octanol–water partition coefficient (Wildman–Crippen LogP) is 2.92. The van der Waals surface area contributed by atoms with Gasteiger partial charge in [0.05, 0.1) is 5.41 Å². The van der Waals surface area contributed by atoms with E-state index < -0.39 is 17.3 Å². The van der Waals surface area contributed by atoms with Crippen LogP contribution in [0.3, 0.4) is 0 Å². The maximum atomic E-state index is 13.0. The van der Waals surface area contributed by atoms with Gasteiger partial charge in [-0.05, 0) is 31.1 Å². The first-order valence-electron chi connectivity index (χ1n) is 5.49. The second-order valence-electron chi connectivity index (χ2n) is 5.14. The Morgan fingerprint density at radius 1 is 1.27 bits per heavy atom. The molecule has 0 aliphatic heterocycles. The van der Waals surface area contributed by atoms with Crippen molar-refractivity contribution in [1.82, 2.24) is 0 Å². The van der Waals surface area contributed by atoms with Gasteiger partial charge >= 0.3 is 5.97 Å². The number of carboxylic acid groups (broad SMARTS) is 1. The van der Waals surface area contributed by atoms with Crippen LogP contribution >= 0.6 is 0 Å². The van der Waals surface area contributed by atoms with Gasteiger partial charge in [0.2, 0.25) is 5.92 Å². The van der Waals surface area contributed by atoms with Gasteiger partial charge in [-0.1, -0.05) is 6.92 Å². The van der Waals surface area contributed by atoms with E-state index >= 15 is 0 Å². The molecular weight excluding hydrogens is 202 g/mol. The summed E-state index contributed by atoms with van der Waals surface area (Å²) in [5.41, 5.74) is -0.846. The van der Waals surface area contributed by atoms with Crippen molar-refractivity contribution >= 4 is 5.97 Å². The second-order valence-corrected chi connectivity index (χ2v) is 5.14. The summed E-state index contributed by atoms with van der Waals surface area (Å²) in [6, 6.07) is 0. The topological polar surface area (TPSA) is 37.3 Å².